The number of thioether (sulfide) groups is 1. The molecule has 11 nitrogen and oxygen atoms in total. The Bertz CT molecular complexity index is 1740. The number of nitrogens with zero attached hydrogens (tertiary/aromatic N) is 1. The van der Waals surface area contributed by atoms with Crippen molar-refractivity contribution >= 4 is 52.5 Å². The number of likely N-dealkylation sites (tertiary alicyclic amines) is 1. The number of ether oxygens (including phenoxy) is 2. The van der Waals surface area contributed by atoms with E-state index in [-0.39, 0.29) is 46.3 Å². The summed E-state index contributed by atoms with van der Waals surface area (Å²) in [7, 11) is 1.57. The molecule has 2 bridgehead atoms. The van der Waals surface area contributed by atoms with Crippen molar-refractivity contribution in [3.63, 3.8) is 0 Å². The van der Waals surface area contributed by atoms with Crippen LogP contribution < -0.4 is 19.7 Å². The van der Waals surface area contributed by atoms with Crippen molar-refractivity contribution in [2.45, 2.75) is 35.6 Å². The van der Waals surface area contributed by atoms with Crippen molar-refractivity contribution in [2.75, 3.05) is 19.0 Å². The van der Waals surface area contributed by atoms with Gasteiger partial charge in [0.25, 0.3) is 5.91 Å². The van der Waals surface area contributed by atoms with Crippen LogP contribution in [0.2, 0.25) is 0 Å². The molecule has 0 spiro atoms. The number of hydrogen-bond donors (Lipinski definition) is 3. The number of aromatic nitrogens is 1. The van der Waals surface area contributed by atoms with Gasteiger partial charge in [-0.1, -0.05) is 23.5 Å². The molecule has 7 rings (SSSR count). The number of H-pyrrole nitrogens is 1. The van der Waals surface area contributed by atoms with Crippen LogP contribution in [0.5, 0.6) is 11.5 Å². The molecule has 3 fully saturated rings. The third kappa shape index (κ3) is 4.52. The fraction of sp³-hybridized carbons (Fsp3) is 0.387. The molecule has 2 saturated carbocycles. The summed E-state index contributed by atoms with van der Waals surface area (Å²) >= 11 is 2.71. The summed E-state index contributed by atoms with van der Waals surface area (Å²) in [4.78, 5) is 68.5. The van der Waals surface area contributed by atoms with E-state index in [1.54, 1.807) is 49.2 Å². The summed E-state index contributed by atoms with van der Waals surface area (Å²) in [6, 6.07) is 13.2. The summed E-state index contributed by atoms with van der Waals surface area (Å²) in [5.74, 6) is -2.82. The van der Waals surface area contributed by atoms with Gasteiger partial charge in [-0.05, 0) is 73.1 Å². The minimum atomic E-state index is -1.22. The van der Waals surface area contributed by atoms with Gasteiger partial charge in [0.15, 0.2) is 6.61 Å². The average molecular weight is 636 g/mol. The molecule has 7 unspecified atom stereocenters. The molecule has 1 aromatic heterocycles. The highest BCUT2D eigenvalue weighted by Crippen LogP contribution is 2.68. The van der Waals surface area contributed by atoms with Gasteiger partial charge in [-0.15, -0.1) is 11.8 Å². The number of carbonyl (C=O) groups is 4. The Balaban J connectivity index is 1.15. The molecule has 3 amide bonds. The first-order valence-electron chi connectivity index (χ1n) is 14.3. The van der Waals surface area contributed by atoms with Crippen LogP contribution in [0.25, 0.3) is 0 Å². The number of nitrogens with one attached hydrogen (secondary N) is 2. The molecule has 2 aliphatic heterocycles. The first-order valence-corrected chi connectivity index (χ1v) is 16.0. The van der Waals surface area contributed by atoms with Gasteiger partial charge in [-0.25, -0.2) is 4.79 Å². The number of carboxylic acids is 1. The SMILES string of the molecule is COc1ccc(NC(=O)COc2cccc([C@H]3c4sc(=O)[nH]c4SC4C5CC(C6C(=O)N(C(C)C(=O)O)C(=O)C56)C43)c2)cc1. The number of carboxylic acid groups (broad SMARTS) is 1. The maximum Gasteiger partial charge on any atom is 0.326 e. The predicted octanol–water partition coefficient (Wildman–Crippen LogP) is 3.41. The summed E-state index contributed by atoms with van der Waals surface area (Å²) < 4.78 is 11.0. The van der Waals surface area contributed by atoms with Crippen LogP contribution in [0.15, 0.2) is 58.4 Å². The molecule has 4 aliphatic rings. The highest BCUT2D eigenvalue weighted by Gasteiger charge is 2.70. The molecule has 44 heavy (non-hydrogen) atoms. The lowest BCUT2D eigenvalue weighted by Crippen LogP contribution is -2.44. The number of amides is 3. The number of imide groups is 1. The molecule has 0 radical (unpaired) electrons. The van der Waals surface area contributed by atoms with Crippen molar-refractivity contribution in [1.82, 2.24) is 9.88 Å². The number of anilines is 1. The smallest absolute Gasteiger partial charge is 0.326 e. The zero-order chi connectivity index (χ0) is 30.9. The van der Waals surface area contributed by atoms with E-state index in [1.807, 2.05) is 18.2 Å². The Morgan fingerprint density at radius 3 is 2.50 bits per heavy atom. The van der Waals surface area contributed by atoms with E-state index < -0.39 is 35.7 Å². The van der Waals surface area contributed by atoms with E-state index in [0.29, 0.717) is 23.6 Å². The van der Waals surface area contributed by atoms with Gasteiger partial charge in [-0.2, -0.15) is 0 Å². The van der Waals surface area contributed by atoms with E-state index >= 15 is 0 Å². The quantitative estimate of drug-likeness (QED) is 0.316. The maximum absolute atomic E-state index is 13.6. The summed E-state index contributed by atoms with van der Waals surface area (Å²) in [5.41, 5.74) is 1.50. The highest BCUT2D eigenvalue weighted by atomic mass is 32.2. The summed E-state index contributed by atoms with van der Waals surface area (Å²) in [6.07, 6.45) is 0.696. The number of aromatic amines is 1. The Morgan fingerprint density at radius 1 is 1.07 bits per heavy atom. The molecule has 3 aromatic rings. The van der Waals surface area contributed by atoms with Crippen LogP contribution in [-0.4, -0.2) is 63.7 Å². The molecule has 8 atom stereocenters. The third-order valence-corrected chi connectivity index (χ3v) is 12.1. The van der Waals surface area contributed by atoms with Crippen LogP contribution >= 0.6 is 23.1 Å². The monoisotopic (exact) mass is 635 g/mol. The van der Waals surface area contributed by atoms with Crippen molar-refractivity contribution in [2.24, 2.45) is 29.6 Å². The van der Waals surface area contributed by atoms with Gasteiger partial charge in [0.05, 0.1) is 24.0 Å². The maximum atomic E-state index is 13.6. The number of hydrogen-bond acceptors (Lipinski definition) is 9. The second-order valence-electron chi connectivity index (χ2n) is 11.7. The Hall–Kier alpha value is -4.10. The number of fused-ring (bicyclic) bond motifs is 9. The number of benzene rings is 2. The Kier molecular flexibility index (Phi) is 7.04. The van der Waals surface area contributed by atoms with Crippen LogP contribution in [-0.2, 0) is 19.2 Å². The van der Waals surface area contributed by atoms with Gasteiger partial charge in [0.1, 0.15) is 17.5 Å². The zero-order valence-corrected chi connectivity index (χ0v) is 25.4. The molecule has 3 N–H and O–H groups in total. The fourth-order valence-corrected chi connectivity index (χ4v) is 10.6. The van der Waals surface area contributed by atoms with Gasteiger partial charge in [-0.3, -0.25) is 24.1 Å². The van der Waals surface area contributed by atoms with E-state index in [9.17, 15) is 29.1 Å². The zero-order valence-electron chi connectivity index (χ0n) is 23.7. The minimum Gasteiger partial charge on any atom is -0.497 e. The fourth-order valence-electron chi connectivity index (χ4n) is 7.72. The number of thiazole rings is 1. The second-order valence-corrected chi connectivity index (χ2v) is 13.9. The molecule has 2 aliphatic carbocycles. The standard InChI is InChI=1S/C31H29N3O8S2/c1-13(30(38)39)34-28(36)23-18-11-19(24(23)29(34)37)25-22(18)21(26-27(43-25)33-31(40)44-26)14-4-3-5-17(10-14)42-12-20(35)32-15-6-8-16(41-2)9-7-15/h3-10,13,18-19,21-25H,11-12H2,1-2H3,(H,32,35)(H,33,40)(H,38,39)/t13?,18?,19?,21-,22?,23?,24?,25?/m1/s1. The Labute approximate surface area is 259 Å². The van der Waals surface area contributed by atoms with E-state index in [0.717, 1.165) is 31.7 Å². The summed E-state index contributed by atoms with van der Waals surface area (Å²) in [5, 5.41) is 13.1. The van der Waals surface area contributed by atoms with Crippen LogP contribution in [0.1, 0.15) is 29.7 Å². The third-order valence-electron chi connectivity index (χ3n) is 9.46. The topological polar surface area (TPSA) is 155 Å². The molecular weight excluding hydrogens is 606 g/mol. The minimum absolute atomic E-state index is 0.0271. The first kappa shape index (κ1) is 28.7. The second kappa shape index (κ2) is 10.8. The molecule has 13 heteroatoms. The lowest BCUT2D eigenvalue weighted by atomic mass is 9.68. The van der Waals surface area contributed by atoms with Crippen molar-refractivity contribution in [1.29, 1.82) is 0 Å². The van der Waals surface area contributed by atoms with E-state index in [1.165, 1.54) is 6.92 Å². The van der Waals surface area contributed by atoms with Gasteiger partial charge >= 0.3 is 10.8 Å². The van der Waals surface area contributed by atoms with Crippen molar-refractivity contribution in [3.8, 4) is 11.5 Å². The largest absolute Gasteiger partial charge is 0.497 e. The van der Waals surface area contributed by atoms with Crippen LogP contribution in [0.4, 0.5) is 5.69 Å². The number of methoxy groups -OCH3 is 1. The number of aliphatic carboxylic acids is 1. The predicted molar refractivity (Wildman–Crippen MR) is 161 cm³/mol. The van der Waals surface area contributed by atoms with E-state index in [4.69, 9.17) is 9.47 Å². The molecule has 3 heterocycles. The normalized spacial score (nSPS) is 28.7. The lowest BCUT2D eigenvalue weighted by molar-refractivity contribution is -0.154. The van der Waals surface area contributed by atoms with Crippen LogP contribution in [0.3, 0.4) is 0 Å². The lowest BCUT2D eigenvalue weighted by Gasteiger charge is -2.43. The molecule has 2 aromatic carbocycles. The molecule has 1 saturated heterocycles. The number of rotatable bonds is 8. The number of carbonyl (C=O) groups excluding carboxylic acids is 3. The average Bonchev–Trinajstić information content (AvgIpc) is 3.75. The highest BCUT2D eigenvalue weighted by molar-refractivity contribution is 8.00. The van der Waals surface area contributed by atoms with E-state index in [2.05, 4.69) is 10.3 Å². The van der Waals surface area contributed by atoms with Gasteiger partial charge in [0.2, 0.25) is 11.8 Å². The van der Waals surface area contributed by atoms with Crippen molar-refractivity contribution < 1.29 is 33.8 Å². The molecular formula is C31H29N3O8S2. The van der Waals surface area contributed by atoms with Gasteiger partial charge < -0.3 is 24.9 Å². The molecule has 228 valence electrons. The Morgan fingerprint density at radius 2 is 1.80 bits per heavy atom. The van der Waals surface area contributed by atoms with Crippen LogP contribution in [0, 0.1) is 29.6 Å². The first-order chi connectivity index (χ1) is 21.2. The van der Waals surface area contributed by atoms with Gasteiger partial charge in [0, 0.05) is 21.7 Å². The summed E-state index contributed by atoms with van der Waals surface area (Å²) in [6.45, 7) is 1.16. The van der Waals surface area contributed by atoms with Crippen molar-refractivity contribution in [3.05, 3.63) is 68.6 Å².